The molecule has 0 aliphatic heterocycles. The summed E-state index contributed by atoms with van der Waals surface area (Å²) in [6.45, 7) is 0.551. The third kappa shape index (κ3) is 2.38. The number of aliphatic hydroxyl groups is 1. The first kappa shape index (κ1) is 12.3. The van der Waals surface area contributed by atoms with E-state index in [1.54, 1.807) is 12.1 Å². The van der Waals surface area contributed by atoms with E-state index in [2.05, 4.69) is 4.98 Å². The Kier molecular flexibility index (Phi) is 2.86. The molecule has 1 aliphatic carbocycles. The molecule has 0 radical (unpaired) electrons. The molecule has 1 aromatic carbocycles. The molecule has 0 amide bonds. The van der Waals surface area contributed by atoms with Gasteiger partial charge in [-0.2, -0.15) is 4.98 Å². The van der Waals surface area contributed by atoms with E-state index in [-0.39, 0.29) is 0 Å². The van der Waals surface area contributed by atoms with E-state index < -0.39 is 5.60 Å². The Morgan fingerprint density at radius 1 is 1.42 bits per heavy atom. The fraction of sp³-hybridized carbons (Fsp3) is 0.500. The fourth-order valence-electron chi connectivity index (χ4n) is 2.79. The van der Waals surface area contributed by atoms with Crippen LogP contribution in [0.15, 0.2) is 22.6 Å². The second kappa shape index (κ2) is 4.42. The molecule has 0 spiro atoms. The summed E-state index contributed by atoms with van der Waals surface area (Å²) in [6.07, 6.45) is 3.89. The summed E-state index contributed by atoms with van der Waals surface area (Å²) in [7, 11) is 1.89. The Bertz CT molecular complexity index is 587. The summed E-state index contributed by atoms with van der Waals surface area (Å²) >= 11 is 0. The zero-order valence-electron chi connectivity index (χ0n) is 11.1. The Balaban J connectivity index is 1.83. The number of nitrogens with zero attached hydrogens (tertiary/aromatic N) is 2. The summed E-state index contributed by atoms with van der Waals surface area (Å²) in [6, 6.07) is 5.94. The molecule has 0 bridgehead atoms. The van der Waals surface area contributed by atoms with Crippen molar-refractivity contribution in [2.24, 2.45) is 0 Å². The maximum Gasteiger partial charge on any atom is 0.298 e. The van der Waals surface area contributed by atoms with Crippen molar-refractivity contribution in [3.63, 3.8) is 0 Å². The molecular formula is C14H19N3O2. The predicted molar refractivity (Wildman–Crippen MR) is 75.1 cm³/mol. The molecule has 0 saturated heterocycles. The quantitative estimate of drug-likeness (QED) is 0.828. The molecule has 0 atom stereocenters. The maximum absolute atomic E-state index is 10.4. The van der Waals surface area contributed by atoms with Crippen LogP contribution in [0.1, 0.15) is 25.7 Å². The van der Waals surface area contributed by atoms with E-state index in [0.29, 0.717) is 23.8 Å². The van der Waals surface area contributed by atoms with Crippen LogP contribution in [0, 0.1) is 0 Å². The fourth-order valence-corrected chi connectivity index (χ4v) is 2.79. The predicted octanol–water partition coefficient (Wildman–Crippen LogP) is 2.15. The van der Waals surface area contributed by atoms with Gasteiger partial charge < -0.3 is 20.2 Å². The highest BCUT2D eigenvalue weighted by Crippen LogP contribution is 2.31. The Hall–Kier alpha value is -1.75. The lowest BCUT2D eigenvalue weighted by molar-refractivity contribution is 0.0550. The van der Waals surface area contributed by atoms with Crippen molar-refractivity contribution < 1.29 is 9.52 Å². The highest BCUT2D eigenvalue weighted by molar-refractivity contribution is 5.78. The maximum atomic E-state index is 10.4. The minimum Gasteiger partial charge on any atom is -0.423 e. The zero-order valence-corrected chi connectivity index (χ0v) is 11.1. The number of hydrogen-bond donors (Lipinski definition) is 2. The van der Waals surface area contributed by atoms with Crippen LogP contribution in [-0.4, -0.2) is 29.3 Å². The van der Waals surface area contributed by atoms with E-state index >= 15 is 0 Å². The molecule has 5 heteroatoms. The van der Waals surface area contributed by atoms with Gasteiger partial charge in [0.2, 0.25) is 0 Å². The summed E-state index contributed by atoms with van der Waals surface area (Å²) in [5.74, 6) is 0. The monoisotopic (exact) mass is 261 g/mol. The van der Waals surface area contributed by atoms with E-state index in [1.165, 1.54) is 0 Å². The molecule has 1 fully saturated rings. The first-order chi connectivity index (χ1) is 9.06. The van der Waals surface area contributed by atoms with Crippen LogP contribution >= 0.6 is 0 Å². The number of rotatable bonds is 3. The molecule has 1 aromatic heterocycles. The van der Waals surface area contributed by atoms with E-state index in [0.717, 1.165) is 31.2 Å². The molecule has 3 N–H and O–H groups in total. The second-order valence-electron chi connectivity index (χ2n) is 5.51. The van der Waals surface area contributed by atoms with Crippen LogP contribution in [0.5, 0.6) is 0 Å². The number of benzene rings is 1. The van der Waals surface area contributed by atoms with Crippen molar-refractivity contribution in [3.05, 3.63) is 18.2 Å². The van der Waals surface area contributed by atoms with E-state index in [4.69, 9.17) is 10.2 Å². The number of likely N-dealkylation sites (N-methyl/N-ethyl adjacent to an activating group) is 1. The average molecular weight is 261 g/mol. The van der Waals surface area contributed by atoms with Crippen molar-refractivity contribution >= 4 is 22.8 Å². The molecular weight excluding hydrogens is 242 g/mol. The van der Waals surface area contributed by atoms with Crippen LogP contribution in [-0.2, 0) is 0 Å². The van der Waals surface area contributed by atoms with E-state index in [9.17, 15) is 5.11 Å². The third-order valence-electron chi connectivity index (χ3n) is 3.79. The zero-order chi connectivity index (χ0) is 13.5. The SMILES string of the molecule is CN(CC1(O)CCCC1)c1nc2ccc(N)cc2o1. The Morgan fingerprint density at radius 2 is 2.16 bits per heavy atom. The van der Waals surface area contributed by atoms with Gasteiger partial charge in [0.1, 0.15) is 5.52 Å². The number of aromatic nitrogens is 1. The van der Waals surface area contributed by atoms with Gasteiger partial charge >= 0.3 is 0 Å². The standard InChI is InChI=1S/C14H19N3O2/c1-17(9-14(18)6-2-3-7-14)13-16-11-5-4-10(15)8-12(11)19-13/h4-5,8,18H,2-3,6-7,9,15H2,1H3. The number of oxazole rings is 1. The van der Waals surface area contributed by atoms with Gasteiger partial charge in [-0.05, 0) is 25.0 Å². The molecule has 19 heavy (non-hydrogen) atoms. The van der Waals surface area contributed by atoms with E-state index in [1.807, 2.05) is 18.0 Å². The largest absolute Gasteiger partial charge is 0.423 e. The first-order valence-electron chi connectivity index (χ1n) is 6.65. The van der Waals surface area contributed by atoms with Crippen LogP contribution in [0.3, 0.4) is 0 Å². The molecule has 2 aromatic rings. The molecule has 3 rings (SSSR count). The Morgan fingerprint density at radius 3 is 2.89 bits per heavy atom. The van der Waals surface area contributed by atoms with Gasteiger partial charge in [-0.15, -0.1) is 0 Å². The van der Waals surface area contributed by atoms with Crippen molar-refractivity contribution in [2.75, 3.05) is 24.2 Å². The number of nitrogen functional groups attached to an aromatic ring is 1. The summed E-state index contributed by atoms with van der Waals surface area (Å²) in [4.78, 5) is 6.30. The number of nitrogens with two attached hydrogens (primary N) is 1. The summed E-state index contributed by atoms with van der Waals surface area (Å²) in [5.41, 5.74) is 7.25. The summed E-state index contributed by atoms with van der Waals surface area (Å²) < 4.78 is 5.69. The van der Waals surface area contributed by atoms with Crippen LogP contribution in [0.25, 0.3) is 11.1 Å². The minimum atomic E-state index is -0.603. The molecule has 1 heterocycles. The van der Waals surface area contributed by atoms with Crippen molar-refractivity contribution in [1.29, 1.82) is 0 Å². The number of hydrogen-bond acceptors (Lipinski definition) is 5. The minimum absolute atomic E-state index is 0.529. The second-order valence-corrected chi connectivity index (χ2v) is 5.51. The summed E-state index contributed by atoms with van der Waals surface area (Å²) in [5, 5.41) is 10.4. The molecule has 102 valence electrons. The van der Waals surface area contributed by atoms with Gasteiger partial charge in [0, 0.05) is 18.8 Å². The number of fused-ring (bicyclic) bond motifs is 1. The van der Waals surface area contributed by atoms with Gasteiger partial charge in [0.15, 0.2) is 5.58 Å². The van der Waals surface area contributed by atoms with Crippen LogP contribution in [0.2, 0.25) is 0 Å². The average Bonchev–Trinajstić information content (AvgIpc) is 2.95. The van der Waals surface area contributed by atoms with Gasteiger partial charge in [0.05, 0.1) is 12.1 Å². The van der Waals surface area contributed by atoms with Crippen molar-refractivity contribution in [1.82, 2.24) is 4.98 Å². The molecule has 5 nitrogen and oxygen atoms in total. The van der Waals surface area contributed by atoms with Gasteiger partial charge in [0.25, 0.3) is 6.01 Å². The van der Waals surface area contributed by atoms with Crippen molar-refractivity contribution in [2.45, 2.75) is 31.3 Å². The molecule has 0 unspecified atom stereocenters. The van der Waals surface area contributed by atoms with Gasteiger partial charge in [-0.25, -0.2) is 0 Å². The van der Waals surface area contributed by atoms with Crippen LogP contribution < -0.4 is 10.6 Å². The van der Waals surface area contributed by atoms with Crippen molar-refractivity contribution in [3.8, 4) is 0 Å². The van der Waals surface area contributed by atoms with Crippen LogP contribution in [0.4, 0.5) is 11.7 Å². The molecule has 1 aliphatic rings. The first-order valence-corrected chi connectivity index (χ1v) is 6.65. The normalized spacial score (nSPS) is 18.0. The van der Waals surface area contributed by atoms with Gasteiger partial charge in [-0.3, -0.25) is 0 Å². The smallest absolute Gasteiger partial charge is 0.298 e. The highest BCUT2D eigenvalue weighted by Gasteiger charge is 2.33. The Labute approximate surface area is 112 Å². The lowest BCUT2D eigenvalue weighted by Gasteiger charge is -2.27. The lowest BCUT2D eigenvalue weighted by atomic mass is 10.0. The third-order valence-corrected chi connectivity index (χ3v) is 3.79. The molecule has 1 saturated carbocycles. The van der Waals surface area contributed by atoms with Gasteiger partial charge in [-0.1, -0.05) is 12.8 Å². The highest BCUT2D eigenvalue weighted by atomic mass is 16.4. The topological polar surface area (TPSA) is 75.5 Å². The number of anilines is 2. The lowest BCUT2D eigenvalue weighted by Crippen LogP contribution is -2.39.